The summed E-state index contributed by atoms with van der Waals surface area (Å²) in [4.78, 5) is 53.4. The number of benzene rings is 1. The van der Waals surface area contributed by atoms with Gasteiger partial charge in [-0.1, -0.05) is 54.6 Å². The van der Waals surface area contributed by atoms with E-state index in [1.807, 2.05) is 35.2 Å². The second-order valence-electron chi connectivity index (χ2n) is 13.3. The number of hydrogen-bond acceptors (Lipinski definition) is 7. The average molecular weight is 671 g/mol. The molecule has 2 aliphatic heterocycles. The maximum Gasteiger partial charge on any atom is 0.243 e. The Balaban J connectivity index is 1.36. The highest BCUT2D eigenvalue weighted by Crippen LogP contribution is 2.41. The molecule has 1 fully saturated rings. The van der Waals surface area contributed by atoms with E-state index in [0.29, 0.717) is 45.3 Å². The highest BCUT2D eigenvalue weighted by molar-refractivity contribution is 5.87. The van der Waals surface area contributed by atoms with Gasteiger partial charge in [-0.05, 0) is 56.4 Å². The van der Waals surface area contributed by atoms with Crippen LogP contribution in [0.4, 0.5) is 0 Å². The molecule has 2 unspecified atom stereocenters. The van der Waals surface area contributed by atoms with Crippen LogP contribution >= 0.6 is 0 Å². The summed E-state index contributed by atoms with van der Waals surface area (Å²) in [5.74, 6) is -0.561. The Morgan fingerprint density at radius 3 is 2.71 bits per heavy atom. The van der Waals surface area contributed by atoms with Crippen molar-refractivity contribution in [1.82, 2.24) is 36.1 Å². The lowest BCUT2D eigenvalue weighted by Gasteiger charge is -2.32. The van der Waals surface area contributed by atoms with E-state index in [4.69, 9.17) is 11.5 Å². The second-order valence-corrected chi connectivity index (χ2v) is 13.3. The van der Waals surface area contributed by atoms with Crippen LogP contribution in [0, 0.1) is 5.41 Å². The molecule has 2 aromatic rings. The van der Waals surface area contributed by atoms with Crippen LogP contribution in [0.2, 0.25) is 0 Å². The molecule has 1 aromatic carbocycles. The number of allylic oxidation sites excluding steroid dienone is 2. The van der Waals surface area contributed by atoms with Crippen LogP contribution in [0.3, 0.4) is 0 Å². The first-order valence-corrected chi connectivity index (χ1v) is 17.1. The molecule has 0 bridgehead atoms. The molecule has 5 rings (SSSR count). The summed E-state index contributed by atoms with van der Waals surface area (Å²) in [5.41, 5.74) is 14.0. The lowest BCUT2D eigenvalue weighted by molar-refractivity contribution is -0.132. The number of nitrogens with two attached hydrogens (primary N) is 2. The topological polar surface area (TPSA) is 196 Å². The van der Waals surface area contributed by atoms with E-state index < -0.39 is 12.1 Å². The SMILES string of the molecule is CC(=O)N[C@@H](Cc1cnc[nH]1)C(=O)N[C@@H](Cc1ccccc1)[C@@H]1CCN(CCC2=CNC3C=CC=CC23C)C(=O)[C@H](CCCN=C(N)N)N1. The van der Waals surface area contributed by atoms with Gasteiger partial charge in [-0.25, -0.2) is 4.98 Å². The van der Waals surface area contributed by atoms with Crippen LogP contribution in [-0.4, -0.2) is 88.4 Å². The number of nitrogens with zero attached hydrogens (tertiary/aromatic N) is 3. The number of amides is 3. The molecule has 3 amide bonds. The summed E-state index contributed by atoms with van der Waals surface area (Å²) in [5, 5.41) is 13.2. The van der Waals surface area contributed by atoms with Gasteiger partial charge < -0.3 is 42.6 Å². The van der Waals surface area contributed by atoms with Gasteiger partial charge in [0.2, 0.25) is 17.7 Å². The Morgan fingerprint density at radius 1 is 1.16 bits per heavy atom. The van der Waals surface area contributed by atoms with Crippen molar-refractivity contribution >= 4 is 23.7 Å². The third-order valence-corrected chi connectivity index (χ3v) is 9.75. The van der Waals surface area contributed by atoms with Crippen molar-refractivity contribution in [2.75, 3.05) is 19.6 Å². The summed E-state index contributed by atoms with van der Waals surface area (Å²) in [6, 6.07) is 8.25. The van der Waals surface area contributed by atoms with Gasteiger partial charge in [0, 0.05) is 62.4 Å². The number of H-pyrrole nitrogens is 1. The average Bonchev–Trinajstić information content (AvgIpc) is 3.67. The van der Waals surface area contributed by atoms with E-state index in [-0.39, 0.29) is 53.6 Å². The molecule has 3 heterocycles. The zero-order chi connectivity index (χ0) is 34.8. The molecule has 9 N–H and O–H groups in total. The zero-order valence-corrected chi connectivity index (χ0v) is 28.4. The van der Waals surface area contributed by atoms with Crippen molar-refractivity contribution in [1.29, 1.82) is 0 Å². The molecule has 1 aromatic heterocycles. The predicted molar refractivity (Wildman–Crippen MR) is 190 cm³/mol. The number of carbonyl (C=O) groups is 3. The molecule has 1 aliphatic carbocycles. The van der Waals surface area contributed by atoms with Crippen LogP contribution < -0.4 is 32.7 Å². The molecule has 13 heteroatoms. The quantitative estimate of drug-likeness (QED) is 0.0833. The van der Waals surface area contributed by atoms with E-state index in [2.05, 4.69) is 73.7 Å². The summed E-state index contributed by atoms with van der Waals surface area (Å²) in [7, 11) is 0. The van der Waals surface area contributed by atoms with Crippen LogP contribution in [0.15, 0.2) is 83.9 Å². The molecule has 0 saturated carbocycles. The van der Waals surface area contributed by atoms with Gasteiger partial charge in [0.05, 0.1) is 18.4 Å². The molecule has 0 radical (unpaired) electrons. The smallest absolute Gasteiger partial charge is 0.243 e. The first-order valence-electron chi connectivity index (χ1n) is 17.1. The molecule has 13 nitrogen and oxygen atoms in total. The van der Waals surface area contributed by atoms with Gasteiger partial charge >= 0.3 is 0 Å². The fraction of sp³-hybridized carbons (Fsp3) is 0.472. The lowest BCUT2D eigenvalue weighted by atomic mass is 9.74. The highest BCUT2D eigenvalue weighted by atomic mass is 16.2. The van der Waals surface area contributed by atoms with Crippen molar-refractivity contribution < 1.29 is 14.4 Å². The Morgan fingerprint density at radius 2 is 1.98 bits per heavy atom. The number of guanidine groups is 1. The number of rotatable bonds is 15. The first kappa shape index (κ1) is 35.4. The number of imidazole rings is 1. The monoisotopic (exact) mass is 670 g/mol. The Kier molecular flexibility index (Phi) is 11.9. The van der Waals surface area contributed by atoms with Crippen molar-refractivity contribution in [3.8, 4) is 0 Å². The lowest BCUT2D eigenvalue weighted by Crippen LogP contribution is -2.58. The summed E-state index contributed by atoms with van der Waals surface area (Å²) < 4.78 is 0. The minimum atomic E-state index is -0.808. The molecule has 0 spiro atoms. The van der Waals surface area contributed by atoms with E-state index in [9.17, 15) is 14.4 Å². The number of aromatic nitrogens is 2. The fourth-order valence-corrected chi connectivity index (χ4v) is 7.02. The van der Waals surface area contributed by atoms with Gasteiger partial charge in [-0.15, -0.1) is 0 Å². The zero-order valence-electron chi connectivity index (χ0n) is 28.4. The van der Waals surface area contributed by atoms with Crippen molar-refractivity contribution in [2.45, 2.75) is 82.6 Å². The van der Waals surface area contributed by atoms with Crippen molar-refractivity contribution in [3.05, 3.63) is 90.2 Å². The van der Waals surface area contributed by atoms with Crippen molar-refractivity contribution in [3.63, 3.8) is 0 Å². The van der Waals surface area contributed by atoms with E-state index in [1.54, 1.807) is 12.5 Å². The van der Waals surface area contributed by atoms with Gasteiger partial charge in [0.25, 0.3) is 0 Å². The minimum absolute atomic E-state index is 0.0194. The normalized spacial score (nSPS) is 24.2. The molecule has 6 atom stereocenters. The van der Waals surface area contributed by atoms with Gasteiger partial charge in [0.15, 0.2) is 5.96 Å². The Labute approximate surface area is 288 Å². The number of carbonyl (C=O) groups excluding carboxylic acids is 3. The van der Waals surface area contributed by atoms with Gasteiger partial charge in [0.1, 0.15) is 6.04 Å². The Bertz CT molecular complexity index is 1550. The summed E-state index contributed by atoms with van der Waals surface area (Å²) in [6.07, 6.45) is 17.1. The highest BCUT2D eigenvalue weighted by Gasteiger charge is 2.40. The number of nitrogens with one attached hydrogen (secondary N) is 5. The van der Waals surface area contributed by atoms with Crippen LogP contribution in [0.25, 0.3) is 0 Å². The number of aliphatic imine (C=N–C) groups is 1. The standard InChI is InChI=1S/C36H50N10O3/c1-24(47)43-31(20-27-22-39-23-42-27)33(48)45-30(19-25-9-4-3-5-10-25)28-14-18-46(34(49)29(44-28)11-8-16-40-35(37)38)17-13-26-21-41-32-12-6-7-15-36(26,32)2/h3-7,9-10,12,15,21-23,28-32,41,44H,8,11,13-14,16-20H2,1-2H3,(H,39,42)(H,43,47)(H,45,48)(H4,37,38,40)/t28-,29-,30-,31-,32?,36?/m0/s1. The van der Waals surface area contributed by atoms with E-state index >= 15 is 0 Å². The second kappa shape index (κ2) is 16.5. The summed E-state index contributed by atoms with van der Waals surface area (Å²) in [6.45, 7) is 5.15. The third kappa shape index (κ3) is 9.38. The number of aromatic amines is 1. The predicted octanol–water partition coefficient (Wildman–Crippen LogP) is 1.18. The van der Waals surface area contributed by atoms with Crippen molar-refractivity contribution in [2.24, 2.45) is 21.9 Å². The molecule has 49 heavy (non-hydrogen) atoms. The first-order chi connectivity index (χ1) is 23.6. The van der Waals surface area contributed by atoms with E-state index in [1.165, 1.54) is 12.5 Å². The maximum absolute atomic E-state index is 14.2. The van der Waals surface area contributed by atoms with E-state index in [0.717, 1.165) is 17.7 Å². The van der Waals surface area contributed by atoms with Crippen LogP contribution in [-0.2, 0) is 27.2 Å². The van der Waals surface area contributed by atoms with Crippen LogP contribution in [0.1, 0.15) is 50.8 Å². The molecular weight excluding hydrogens is 620 g/mol. The summed E-state index contributed by atoms with van der Waals surface area (Å²) >= 11 is 0. The molecule has 262 valence electrons. The van der Waals surface area contributed by atoms with Crippen LogP contribution in [0.5, 0.6) is 0 Å². The third-order valence-electron chi connectivity index (χ3n) is 9.75. The largest absolute Gasteiger partial charge is 0.383 e. The maximum atomic E-state index is 14.2. The number of hydrogen-bond donors (Lipinski definition) is 7. The molecule has 3 aliphatic rings. The Hall–Kier alpha value is -4.91. The minimum Gasteiger partial charge on any atom is -0.383 e. The molecular formula is C36H50N10O3. The van der Waals surface area contributed by atoms with Gasteiger partial charge in [-0.3, -0.25) is 19.4 Å². The number of fused-ring (bicyclic) bond motifs is 1. The fourth-order valence-electron chi connectivity index (χ4n) is 7.02. The van der Waals surface area contributed by atoms with Gasteiger partial charge in [-0.2, -0.15) is 0 Å². The molecule has 1 saturated heterocycles.